The van der Waals surface area contributed by atoms with E-state index in [9.17, 15) is 8.78 Å². The van der Waals surface area contributed by atoms with Gasteiger partial charge in [0.25, 0.3) is 0 Å². The molecule has 0 aliphatic heterocycles. The summed E-state index contributed by atoms with van der Waals surface area (Å²) in [5, 5.41) is 0. The minimum Gasteiger partial charge on any atom is -0.324 e. The number of hydrogen-bond acceptors (Lipinski definition) is 1. The van der Waals surface area contributed by atoms with Gasteiger partial charge in [0, 0.05) is 17.7 Å². The molecule has 0 amide bonds. The third-order valence-electron chi connectivity index (χ3n) is 3.23. The van der Waals surface area contributed by atoms with Gasteiger partial charge in [0.1, 0.15) is 11.6 Å². The van der Waals surface area contributed by atoms with Crippen LogP contribution in [0.1, 0.15) is 63.5 Å². The highest BCUT2D eigenvalue weighted by Crippen LogP contribution is 2.21. The fourth-order valence-corrected chi connectivity index (χ4v) is 2.10. The van der Waals surface area contributed by atoms with E-state index in [0.29, 0.717) is 5.56 Å². The predicted octanol–water partition coefficient (Wildman–Crippen LogP) is 4.72. The normalized spacial score (nSPS) is 12.7. The van der Waals surface area contributed by atoms with E-state index in [-0.39, 0.29) is 6.04 Å². The average Bonchev–Trinajstić information content (AvgIpc) is 2.33. The van der Waals surface area contributed by atoms with Crippen molar-refractivity contribution in [3.05, 3.63) is 35.4 Å². The monoisotopic (exact) mass is 255 g/mol. The predicted molar refractivity (Wildman–Crippen MR) is 71.3 cm³/mol. The summed E-state index contributed by atoms with van der Waals surface area (Å²) >= 11 is 0. The van der Waals surface area contributed by atoms with E-state index >= 15 is 0 Å². The van der Waals surface area contributed by atoms with Crippen LogP contribution in [0.5, 0.6) is 0 Å². The minimum atomic E-state index is -0.553. The van der Waals surface area contributed by atoms with Gasteiger partial charge < -0.3 is 5.73 Å². The van der Waals surface area contributed by atoms with Gasteiger partial charge in [0.15, 0.2) is 0 Å². The Morgan fingerprint density at radius 3 is 2.39 bits per heavy atom. The molecular formula is C15H23F2N. The van der Waals surface area contributed by atoms with Crippen LogP contribution in [0.2, 0.25) is 0 Å². The lowest BCUT2D eigenvalue weighted by Crippen LogP contribution is -2.12. The van der Waals surface area contributed by atoms with Gasteiger partial charge in [0.2, 0.25) is 0 Å². The summed E-state index contributed by atoms with van der Waals surface area (Å²) in [5.41, 5.74) is 6.35. The Balaban J connectivity index is 2.29. The first-order valence-electron chi connectivity index (χ1n) is 6.85. The average molecular weight is 255 g/mol. The highest BCUT2D eigenvalue weighted by Gasteiger charge is 2.11. The second-order valence-corrected chi connectivity index (χ2v) is 4.83. The number of halogens is 2. The summed E-state index contributed by atoms with van der Waals surface area (Å²) in [7, 11) is 0. The second kappa shape index (κ2) is 8.20. The van der Waals surface area contributed by atoms with Gasteiger partial charge in [-0.3, -0.25) is 0 Å². The Bertz CT molecular complexity index is 352. The largest absolute Gasteiger partial charge is 0.324 e. The van der Waals surface area contributed by atoms with E-state index in [1.165, 1.54) is 37.8 Å². The molecule has 1 nitrogen and oxygen atoms in total. The van der Waals surface area contributed by atoms with Crippen molar-refractivity contribution in [2.75, 3.05) is 0 Å². The molecular weight excluding hydrogens is 232 g/mol. The van der Waals surface area contributed by atoms with Gasteiger partial charge in [-0.05, 0) is 12.5 Å². The van der Waals surface area contributed by atoms with Gasteiger partial charge in [-0.25, -0.2) is 8.78 Å². The molecule has 0 fully saturated rings. The van der Waals surface area contributed by atoms with Gasteiger partial charge in [-0.2, -0.15) is 0 Å². The molecule has 0 saturated heterocycles. The zero-order chi connectivity index (χ0) is 13.4. The van der Waals surface area contributed by atoms with Crippen molar-refractivity contribution >= 4 is 0 Å². The molecule has 1 rings (SSSR count). The van der Waals surface area contributed by atoms with Crippen LogP contribution >= 0.6 is 0 Å². The van der Waals surface area contributed by atoms with Crippen LogP contribution < -0.4 is 5.73 Å². The lowest BCUT2D eigenvalue weighted by atomic mass is 10.00. The third-order valence-corrected chi connectivity index (χ3v) is 3.23. The van der Waals surface area contributed by atoms with Gasteiger partial charge in [-0.1, -0.05) is 51.5 Å². The molecule has 0 radical (unpaired) electrons. The fraction of sp³-hybridized carbons (Fsp3) is 0.600. The summed E-state index contributed by atoms with van der Waals surface area (Å²) in [6, 6.07) is 3.29. The SMILES string of the molecule is CCCCCCCCC(N)c1ccc(F)cc1F. The van der Waals surface area contributed by atoms with Crippen molar-refractivity contribution < 1.29 is 8.78 Å². The van der Waals surface area contributed by atoms with Gasteiger partial charge >= 0.3 is 0 Å². The molecule has 0 saturated carbocycles. The molecule has 18 heavy (non-hydrogen) atoms. The molecule has 0 aliphatic carbocycles. The van der Waals surface area contributed by atoms with E-state index < -0.39 is 11.6 Å². The molecule has 1 atom stereocenters. The molecule has 0 spiro atoms. The Morgan fingerprint density at radius 2 is 1.72 bits per heavy atom. The summed E-state index contributed by atoms with van der Waals surface area (Å²) in [6.07, 6.45) is 7.88. The number of benzene rings is 1. The van der Waals surface area contributed by atoms with Crippen LogP contribution in [0.25, 0.3) is 0 Å². The second-order valence-electron chi connectivity index (χ2n) is 4.83. The van der Waals surface area contributed by atoms with Crippen LogP contribution in [-0.2, 0) is 0 Å². The molecule has 1 unspecified atom stereocenters. The molecule has 0 aliphatic rings. The topological polar surface area (TPSA) is 26.0 Å². The van der Waals surface area contributed by atoms with Crippen LogP contribution in [0.3, 0.4) is 0 Å². The van der Waals surface area contributed by atoms with E-state index in [2.05, 4.69) is 6.92 Å². The number of unbranched alkanes of at least 4 members (excludes halogenated alkanes) is 5. The summed E-state index contributed by atoms with van der Waals surface area (Å²) in [5.74, 6) is -1.09. The number of nitrogens with two attached hydrogens (primary N) is 1. The Morgan fingerprint density at radius 1 is 1.06 bits per heavy atom. The van der Waals surface area contributed by atoms with Crippen LogP contribution in [0.15, 0.2) is 18.2 Å². The zero-order valence-corrected chi connectivity index (χ0v) is 11.1. The maximum absolute atomic E-state index is 13.5. The Hall–Kier alpha value is -0.960. The maximum Gasteiger partial charge on any atom is 0.130 e. The number of rotatable bonds is 8. The molecule has 102 valence electrons. The van der Waals surface area contributed by atoms with Crippen LogP contribution in [0, 0.1) is 11.6 Å². The van der Waals surface area contributed by atoms with Crippen molar-refractivity contribution in [1.82, 2.24) is 0 Å². The van der Waals surface area contributed by atoms with Gasteiger partial charge in [-0.15, -0.1) is 0 Å². The van der Waals surface area contributed by atoms with E-state index in [1.54, 1.807) is 0 Å². The lowest BCUT2D eigenvalue weighted by molar-refractivity contribution is 0.516. The first-order chi connectivity index (χ1) is 8.65. The van der Waals surface area contributed by atoms with Crippen molar-refractivity contribution in [1.29, 1.82) is 0 Å². The summed E-state index contributed by atoms with van der Waals surface area (Å²) in [4.78, 5) is 0. The quantitative estimate of drug-likeness (QED) is 0.668. The summed E-state index contributed by atoms with van der Waals surface area (Å²) < 4.78 is 26.2. The van der Waals surface area contributed by atoms with E-state index in [4.69, 9.17) is 5.73 Å². The number of hydrogen-bond donors (Lipinski definition) is 1. The molecule has 1 aromatic carbocycles. The van der Waals surface area contributed by atoms with Crippen molar-refractivity contribution in [2.45, 2.75) is 57.9 Å². The first-order valence-corrected chi connectivity index (χ1v) is 6.85. The maximum atomic E-state index is 13.5. The lowest BCUT2D eigenvalue weighted by Gasteiger charge is -2.12. The van der Waals surface area contributed by atoms with Crippen molar-refractivity contribution in [2.24, 2.45) is 5.73 Å². The minimum absolute atomic E-state index is 0.322. The molecule has 1 aromatic rings. The molecule has 3 heteroatoms. The van der Waals surface area contributed by atoms with Crippen molar-refractivity contribution in [3.63, 3.8) is 0 Å². The molecule has 2 N–H and O–H groups in total. The molecule has 0 heterocycles. The first kappa shape index (κ1) is 15.1. The van der Waals surface area contributed by atoms with Crippen LogP contribution in [0.4, 0.5) is 8.78 Å². The fourth-order valence-electron chi connectivity index (χ4n) is 2.10. The van der Waals surface area contributed by atoms with Crippen LogP contribution in [-0.4, -0.2) is 0 Å². The summed E-state index contributed by atoms with van der Waals surface area (Å²) in [6.45, 7) is 2.19. The zero-order valence-electron chi connectivity index (χ0n) is 11.1. The van der Waals surface area contributed by atoms with E-state index in [1.807, 2.05) is 0 Å². The Kier molecular flexibility index (Phi) is 6.88. The highest BCUT2D eigenvalue weighted by atomic mass is 19.1. The standard InChI is InChI=1S/C15H23F2N/c1-2-3-4-5-6-7-8-15(18)13-10-9-12(16)11-14(13)17/h9-11,15H,2-8,18H2,1H3. The van der Waals surface area contributed by atoms with Gasteiger partial charge in [0.05, 0.1) is 0 Å². The Labute approximate surface area is 108 Å². The molecule has 0 aromatic heterocycles. The van der Waals surface area contributed by atoms with E-state index in [0.717, 1.165) is 25.3 Å². The third kappa shape index (κ3) is 5.13. The smallest absolute Gasteiger partial charge is 0.130 e. The molecule has 0 bridgehead atoms. The highest BCUT2D eigenvalue weighted by molar-refractivity contribution is 5.21. The van der Waals surface area contributed by atoms with Crippen molar-refractivity contribution in [3.8, 4) is 0 Å².